The number of nitrogens with zero attached hydrogens (tertiary/aromatic N) is 2. The van der Waals surface area contributed by atoms with E-state index in [-0.39, 0.29) is 37.7 Å². The summed E-state index contributed by atoms with van der Waals surface area (Å²) in [6, 6.07) is 8.36. The summed E-state index contributed by atoms with van der Waals surface area (Å²) in [5, 5.41) is 5.23. The minimum absolute atomic E-state index is 0.0768. The standard InChI is InChI=1S/C25H30N4O5/c1-16(2)22(29-25(33)34-15-17-6-4-3-5-7-17)21(30)14-18-8-9-19-20(27-13-12-26-19)10-11-28-24(32)23(18)31/h3-7,12-13,16,18,22H,8-11,14-15H2,1-2H3,(H,28,32)(H,29,33). The zero-order valence-electron chi connectivity index (χ0n) is 19.5. The Balaban J connectivity index is 1.66. The van der Waals surface area contributed by atoms with Crippen molar-refractivity contribution in [2.75, 3.05) is 6.54 Å². The summed E-state index contributed by atoms with van der Waals surface area (Å²) >= 11 is 0. The van der Waals surface area contributed by atoms with Crippen LogP contribution in [0.3, 0.4) is 0 Å². The molecule has 0 saturated heterocycles. The van der Waals surface area contributed by atoms with E-state index in [0.29, 0.717) is 12.8 Å². The Hall–Kier alpha value is -3.62. The van der Waals surface area contributed by atoms with Gasteiger partial charge in [-0.2, -0.15) is 0 Å². The monoisotopic (exact) mass is 466 g/mol. The average Bonchev–Trinajstić information content (AvgIpc) is 2.83. The molecule has 1 aromatic carbocycles. The molecule has 34 heavy (non-hydrogen) atoms. The molecule has 1 aliphatic rings. The number of amides is 2. The summed E-state index contributed by atoms with van der Waals surface area (Å²) in [4.78, 5) is 59.2. The molecule has 0 spiro atoms. The Bertz CT molecular complexity index is 1020. The molecule has 2 heterocycles. The Morgan fingerprint density at radius 3 is 2.44 bits per heavy atom. The lowest BCUT2D eigenvalue weighted by molar-refractivity contribution is -0.141. The lowest BCUT2D eigenvalue weighted by Crippen LogP contribution is -2.46. The molecule has 0 aliphatic carbocycles. The summed E-state index contributed by atoms with van der Waals surface area (Å²) in [7, 11) is 0. The highest BCUT2D eigenvalue weighted by Crippen LogP contribution is 2.20. The first-order valence-corrected chi connectivity index (χ1v) is 11.5. The molecule has 2 atom stereocenters. The lowest BCUT2D eigenvalue weighted by Gasteiger charge is -2.24. The van der Waals surface area contributed by atoms with Crippen LogP contribution in [-0.4, -0.2) is 46.1 Å². The van der Waals surface area contributed by atoms with Crippen molar-refractivity contribution in [2.45, 2.75) is 52.2 Å². The van der Waals surface area contributed by atoms with Gasteiger partial charge in [0, 0.05) is 37.7 Å². The number of hydrogen-bond acceptors (Lipinski definition) is 7. The predicted molar refractivity (Wildman–Crippen MR) is 124 cm³/mol. The third-order valence-corrected chi connectivity index (χ3v) is 5.78. The molecule has 2 amide bonds. The van der Waals surface area contributed by atoms with E-state index < -0.39 is 29.7 Å². The topological polar surface area (TPSA) is 127 Å². The van der Waals surface area contributed by atoms with E-state index in [1.807, 2.05) is 30.3 Å². The first-order valence-electron chi connectivity index (χ1n) is 11.5. The van der Waals surface area contributed by atoms with Gasteiger partial charge in [-0.1, -0.05) is 44.2 Å². The van der Waals surface area contributed by atoms with Crippen molar-refractivity contribution in [1.29, 1.82) is 0 Å². The van der Waals surface area contributed by atoms with Crippen molar-refractivity contribution in [2.24, 2.45) is 11.8 Å². The number of aromatic nitrogens is 2. The fourth-order valence-electron chi connectivity index (χ4n) is 3.90. The second-order valence-electron chi connectivity index (χ2n) is 8.65. The third-order valence-electron chi connectivity index (χ3n) is 5.78. The molecular weight excluding hydrogens is 436 g/mol. The van der Waals surface area contributed by atoms with E-state index in [2.05, 4.69) is 20.6 Å². The van der Waals surface area contributed by atoms with E-state index in [0.717, 1.165) is 17.0 Å². The maximum atomic E-state index is 13.1. The maximum Gasteiger partial charge on any atom is 0.408 e. The Kier molecular flexibility index (Phi) is 8.84. The number of fused-ring (bicyclic) bond motifs is 1. The Morgan fingerprint density at radius 1 is 1.09 bits per heavy atom. The average molecular weight is 467 g/mol. The molecular formula is C25H30N4O5. The van der Waals surface area contributed by atoms with Crippen molar-refractivity contribution in [3.05, 3.63) is 59.7 Å². The van der Waals surface area contributed by atoms with Crippen LogP contribution in [0.4, 0.5) is 4.79 Å². The van der Waals surface area contributed by atoms with Crippen molar-refractivity contribution in [1.82, 2.24) is 20.6 Å². The number of hydrogen-bond donors (Lipinski definition) is 2. The molecule has 2 aromatic rings. The van der Waals surface area contributed by atoms with Gasteiger partial charge in [0.15, 0.2) is 5.78 Å². The second kappa shape index (κ2) is 12.0. The molecule has 2 N–H and O–H groups in total. The van der Waals surface area contributed by atoms with E-state index in [1.54, 1.807) is 26.2 Å². The summed E-state index contributed by atoms with van der Waals surface area (Å²) in [5.41, 5.74) is 2.35. The quantitative estimate of drug-likeness (QED) is 0.599. The van der Waals surface area contributed by atoms with Crippen LogP contribution in [0, 0.1) is 11.8 Å². The van der Waals surface area contributed by atoms with E-state index >= 15 is 0 Å². The van der Waals surface area contributed by atoms with E-state index in [4.69, 9.17) is 4.74 Å². The Morgan fingerprint density at radius 2 is 1.76 bits per heavy atom. The highest BCUT2D eigenvalue weighted by Gasteiger charge is 2.33. The predicted octanol–water partition coefficient (Wildman–Crippen LogP) is 2.18. The number of ether oxygens (including phenoxy) is 1. The van der Waals surface area contributed by atoms with Crippen LogP contribution in [0.15, 0.2) is 42.7 Å². The molecule has 0 fully saturated rings. The minimum Gasteiger partial charge on any atom is -0.445 e. The Labute approximate surface area is 198 Å². The summed E-state index contributed by atoms with van der Waals surface area (Å²) in [6.45, 7) is 3.94. The van der Waals surface area contributed by atoms with Gasteiger partial charge in [0.1, 0.15) is 6.61 Å². The lowest BCUT2D eigenvalue weighted by atomic mass is 9.86. The smallest absolute Gasteiger partial charge is 0.408 e. The fraction of sp³-hybridized carbons (Fsp3) is 0.440. The van der Waals surface area contributed by atoms with Gasteiger partial charge >= 0.3 is 6.09 Å². The normalized spacial score (nSPS) is 17.3. The van der Waals surface area contributed by atoms with Gasteiger partial charge in [0.2, 0.25) is 5.78 Å². The number of aryl methyl sites for hydroxylation is 1. The number of carbonyl (C=O) groups excluding carboxylic acids is 4. The maximum absolute atomic E-state index is 13.1. The molecule has 3 rings (SSSR count). The zero-order valence-corrected chi connectivity index (χ0v) is 19.5. The molecule has 0 bridgehead atoms. The highest BCUT2D eigenvalue weighted by atomic mass is 16.5. The highest BCUT2D eigenvalue weighted by molar-refractivity contribution is 6.37. The second-order valence-corrected chi connectivity index (χ2v) is 8.65. The van der Waals surface area contributed by atoms with Gasteiger partial charge in [-0.25, -0.2) is 4.79 Å². The largest absolute Gasteiger partial charge is 0.445 e. The minimum atomic E-state index is -0.846. The van der Waals surface area contributed by atoms with Crippen LogP contribution in [0.1, 0.15) is 43.6 Å². The molecule has 1 aliphatic heterocycles. The molecule has 0 radical (unpaired) electrons. The van der Waals surface area contributed by atoms with Crippen molar-refractivity contribution < 1.29 is 23.9 Å². The van der Waals surface area contributed by atoms with Crippen molar-refractivity contribution in [3.63, 3.8) is 0 Å². The first-order chi connectivity index (χ1) is 16.3. The van der Waals surface area contributed by atoms with E-state index in [1.165, 1.54) is 0 Å². The van der Waals surface area contributed by atoms with Gasteiger partial charge in [-0.15, -0.1) is 0 Å². The zero-order chi connectivity index (χ0) is 24.5. The molecule has 1 aromatic heterocycles. The molecule has 9 heteroatoms. The molecule has 180 valence electrons. The van der Waals surface area contributed by atoms with Crippen LogP contribution in [0.5, 0.6) is 0 Å². The van der Waals surface area contributed by atoms with Crippen LogP contribution >= 0.6 is 0 Å². The van der Waals surface area contributed by atoms with Crippen LogP contribution in [0.25, 0.3) is 0 Å². The van der Waals surface area contributed by atoms with Crippen LogP contribution in [-0.2, 0) is 38.6 Å². The summed E-state index contributed by atoms with van der Waals surface area (Å²) in [5.74, 6) is -2.71. The molecule has 2 unspecified atom stereocenters. The van der Waals surface area contributed by atoms with Crippen molar-refractivity contribution >= 4 is 23.6 Å². The summed E-state index contributed by atoms with van der Waals surface area (Å²) < 4.78 is 5.24. The van der Waals surface area contributed by atoms with Gasteiger partial charge in [-0.3, -0.25) is 24.4 Å². The SMILES string of the molecule is CC(C)C(NC(=O)OCc1ccccc1)C(=O)CC1CCc2nccnc2CCNC(=O)C1=O. The van der Waals surface area contributed by atoms with Crippen molar-refractivity contribution in [3.8, 4) is 0 Å². The number of nitrogens with one attached hydrogen (secondary N) is 2. The van der Waals surface area contributed by atoms with Gasteiger partial charge in [0.25, 0.3) is 5.91 Å². The number of rotatable bonds is 7. The number of alkyl carbamates (subject to hydrolysis) is 1. The molecule has 0 saturated carbocycles. The summed E-state index contributed by atoms with van der Waals surface area (Å²) in [6.07, 6.45) is 3.50. The number of carbonyl (C=O) groups is 4. The third kappa shape index (κ3) is 6.94. The number of benzene rings is 1. The van der Waals surface area contributed by atoms with Crippen LogP contribution < -0.4 is 10.6 Å². The van der Waals surface area contributed by atoms with Gasteiger partial charge < -0.3 is 15.4 Å². The van der Waals surface area contributed by atoms with Gasteiger partial charge in [-0.05, 0) is 24.3 Å². The molecule has 9 nitrogen and oxygen atoms in total. The van der Waals surface area contributed by atoms with Gasteiger partial charge in [0.05, 0.1) is 17.4 Å². The number of Topliss-reactive ketones (excluding diaryl/α,β-unsaturated/α-hetero) is 2. The number of ketones is 2. The first kappa shape index (κ1) is 25.0. The fourth-order valence-corrected chi connectivity index (χ4v) is 3.90. The van der Waals surface area contributed by atoms with Crippen LogP contribution in [0.2, 0.25) is 0 Å². The van der Waals surface area contributed by atoms with E-state index in [9.17, 15) is 19.2 Å².